The number of fused-ring (bicyclic) bond motifs is 2. The summed E-state index contributed by atoms with van der Waals surface area (Å²) in [7, 11) is 0. The molecule has 2 fully saturated rings. The third-order valence-electron chi connectivity index (χ3n) is 5.78. The van der Waals surface area contributed by atoms with Crippen LogP contribution in [0.15, 0.2) is 57.8 Å². The van der Waals surface area contributed by atoms with E-state index < -0.39 is 0 Å². The molecule has 5 rings (SSSR count). The first-order chi connectivity index (χ1) is 13.7. The standard InChI is InChI=1S/C22H21FN2O2S/c23-18-6-2-4-8-20(18)28-13-17-16-5-1-3-7-19(16)27-21(17)22(26)25-11-14-9-24-10-15(14)12-25/h1-8,14-15,24H,9-13H2/t14-,15+. The molecule has 0 unspecified atom stereocenters. The van der Waals surface area contributed by atoms with Crippen molar-refractivity contribution in [2.75, 3.05) is 26.2 Å². The first kappa shape index (κ1) is 17.8. The van der Waals surface area contributed by atoms with Crippen molar-refractivity contribution in [3.05, 3.63) is 65.7 Å². The number of furan rings is 1. The monoisotopic (exact) mass is 396 g/mol. The Bertz CT molecular complexity index is 1020. The van der Waals surface area contributed by atoms with Crippen LogP contribution in [0.3, 0.4) is 0 Å². The first-order valence-electron chi connectivity index (χ1n) is 9.58. The number of nitrogens with one attached hydrogen (secondary N) is 1. The number of rotatable bonds is 4. The van der Waals surface area contributed by atoms with Gasteiger partial charge in [-0.05, 0) is 30.0 Å². The lowest BCUT2D eigenvalue weighted by molar-refractivity contribution is 0.0751. The van der Waals surface area contributed by atoms with Crippen LogP contribution < -0.4 is 5.32 Å². The molecule has 6 heteroatoms. The number of likely N-dealkylation sites (tertiary alicyclic amines) is 1. The molecule has 1 amide bonds. The highest BCUT2D eigenvalue weighted by Gasteiger charge is 2.39. The number of carbonyl (C=O) groups is 1. The number of amides is 1. The lowest BCUT2D eigenvalue weighted by Crippen LogP contribution is -2.32. The predicted molar refractivity (Wildman–Crippen MR) is 108 cm³/mol. The van der Waals surface area contributed by atoms with Crippen LogP contribution in [0.1, 0.15) is 16.1 Å². The van der Waals surface area contributed by atoms with Crippen LogP contribution in [0.4, 0.5) is 4.39 Å². The Balaban J connectivity index is 1.46. The fraction of sp³-hybridized carbons (Fsp3) is 0.318. The SMILES string of the molecule is O=C(c1oc2ccccc2c1CSc1ccccc1F)N1C[C@H]2CNC[C@H]2C1. The minimum absolute atomic E-state index is 0.0465. The Morgan fingerprint density at radius 3 is 2.61 bits per heavy atom. The van der Waals surface area contributed by atoms with Gasteiger partial charge in [0.1, 0.15) is 11.4 Å². The highest BCUT2D eigenvalue weighted by Crippen LogP contribution is 2.35. The van der Waals surface area contributed by atoms with Gasteiger partial charge in [-0.2, -0.15) is 0 Å². The van der Waals surface area contributed by atoms with E-state index in [4.69, 9.17) is 4.42 Å². The van der Waals surface area contributed by atoms with E-state index in [1.165, 1.54) is 17.8 Å². The maximum atomic E-state index is 14.0. The molecule has 144 valence electrons. The molecule has 2 aliphatic rings. The lowest BCUT2D eigenvalue weighted by Gasteiger charge is -2.17. The molecule has 1 N–H and O–H groups in total. The van der Waals surface area contributed by atoms with E-state index in [-0.39, 0.29) is 11.7 Å². The summed E-state index contributed by atoms with van der Waals surface area (Å²) < 4.78 is 20.0. The van der Waals surface area contributed by atoms with Gasteiger partial charge < -0.3 is 14.6 Å². The summed E-state index contributed by atoms with van der Waals surface area (Å²) in [6.45, 7) is 3.50. The van der Waals surface area contributed by atoms with Crippen molar-refractivity contribution in [2.45, 2.75) is 10.6 Å². The molecule has 0 saturated carbocycles. The van der Waals surface area contributed by atoms with Gasteiger partial charge in [0.2, 0.25) is 0 Å². The Hall–Kier alpha value is -2.31. The van der Waals surface area contributed by atoms with Crippen LogP contribution >= 0.6 is 11.8 Å². The molecule has 0 bridgehead atoms. The van der Waals surface area contributed by atoms with Crippen LogP contribution in [-0.4, -0.2) is 37.0 Å². The molecule has 0 aliphatic carbocycles. The molecule has 0 spiro atoms. The Labute approximate surface area is 167 Å². The normalized spacial score (nSPS) is 21.4. The summed E-state index contributed by atoms with van der Waals surface area (Å²) >= 11 is 1.39. The molecule has 2 aromatic carbocycles. The van der Waals surface area contributed by atoms with E-state index in [0.717, 1.165) is 37.1 Å². The molecule has 2 atom stereocenters. The lowest BCUT2D eigenvalue weighted by atomic mass is 10.0. The van der Waals surface area contributed by atoms with Crippen LogP contribution in [0, 0.1) is 17.7 Å². The third-order valence-corrected chi connectivity index (χ3v) is 6.85. The summed E-state index contributed by atoms with van der Waals surface area (Å²) in [6, 6.07) is 14.4. The Kier molecular flexibility index (Phi) is 4.61. The molecule has 3 aromatic rings. The molecule has 2 saturated heterocycles. The van der Waals surface area contributed by atoms with Crippen molar-refractivity contribution in [3.8, 4) is 0 Å². The minimum atomic E-state index is -0.243. The van der Waals surface area contributed by atoms with Crippen LogP contribution in [-0.2, 0) is 5.75 Å². The Morgan fingerprint density at radius 2 is 1.82 bits per heavy atom. The number of benzene rings is 2. The fourth-order valence-electron chi connectivity index (χ4n) is 4.29. The highest BCUT2D eigenvalue weighted by molar-refractivity contribution is 7.98. The number of carbonyl (C=O) groups excluding carboxylic acids is 1. The van der Waals surface area contributed by atoms with Crippen molar-refractivity contribution >= 4 is 28.6 Å². The van der Waals surface area contributed by atoms with E-state index >= 15 is 0 Å². The highest BCUT2D eigenvalue weighted by atomic mass is 32.2. The average molecular weight is 396 g/mol. The van der Waals surface area contributed by atoms with Crippen LogP contribution in [0.2, 0.25) is 0 Å². The van der Waals surface area contributed by atoms with Gasteiger partial charge in [-0.15, -0.1) is 11.8 Å². The zero-order valence-electron chi connectivity index (χ0n) is 15.4. The van der Waals surface area contributed by atoms with Gasteiger partial charge in [-0.1, -0.05) is 30.3 Å². The van der Waals surface area contributed by atoms with Crippen molar-refractivity contribution in [1.29, 1.82) is 0 Å². The summed E-state index contributed by atoms with van der Waals surface area (Å²) in [5, 5.41) is 4.33. The number of hydrogen-bond acceptors (Lipinski definition) is 4. The molecule has 2 aliphatic heterocycles. The summed E-state index contributed by atoms with van der Waals surface area (Å²) in [4.78, 5) is 15.8. The molecule has 3 heterocycles. The summed E-state index contributed by atoms with van der Waals surface area (Å²) in [5.74, 6) is 1.66. The minimum Gasteiger partial charge on any atom is -0.451 e. The predicted octanol–water partition coefficient (Wildman–Crippen LogP) is 4.16. The fourth-order valence-corrected chi connectivity index (χ4v) is 5.26. The molecule has 28 heavy (non-hydrogen) atoms. The number of thioether (sulfide) groups is 1. The van der Waals surface area contributed by atoms with Gasteiger partial charge >= 0.3 is 0 Å². The molecular weight excluding hydrogens is 375 g/mol. The summed E-state index contributed by atoms with van der Waals surface area (Å²) in [6.07, 6.45) is 0. The van der Waals surface area contributed by atoms with Gasteiger partial charge in [-0.25, -0.2) is 4.39 Å². The van der Waals surface area contributed by atoms with Crippen molar-refractivity contribution in [2.24, 2.45) is 11.8 Å². The maximum absolute atomic E-state index is 14.0. The number of halogens is 1. The van der Waals surface area contributed by atoms with E-state index in [0.29, 0.717) is 33.8 Å². The quantitative estimate of drug-likeness (QED) is 0.673. The zero-order chi connectivity index (χ0) is 19.1. The maximum Gasteiger partial charge on any atom is 0.289 e. The molecule has 1 aromatic heterocycles. The van der Waals surface area contributed by atoms with Gasteiger partial charge in [-0.3, -0.25) is 4.79 Å². The third kappa shape index (κ3) is 3.10. The van der Waals surface area contributed by atoms with Gasteiger partial charge in [0.15, 0.2) is 5.76 Å². The van der Waals surface area contributed by atoms with Crippen molar-refractivity contribution in [1.82, 2.24) is 10.2 Å². The summed E-state index contributed by atoms with van der Waals surface area (Å²) in [5.41, 5.74) is 1.56. The van der Waals surface area contributed by atoms with E-state index in [1.807, 2.05) is 35.2 Å². The van der Waals surface area contributed by atoms with Crippen LogP contribution in [0.5, 0.6) is 0 Å². The molecular formula is C22H21FN2O2S. The first-order valence-corrected chi connectivity index (χ1v) is 10.6. The van der Waals surface area contributed by atoms with E-state index in [2.05, 4.69) is 5.32 Å². The van der Waals surface area contributed by atoms with Gasteiger partial charge in [0.25, 0.3) is 5.91 Å². The largest absolute Gasteiger partial charge is 0.451 e. The van der Waals surface area contributed by atoms with E-state index in [9.17, 15) is 9.18 Å². The zero-order valence-corrected chi connectivity index (χ0v) is 16.2. The van der Waals surface area contributed by atoms with Gasteiger partial charge in [0, 0.05) is 47.8 Å². The van der Waals surface area contributed by atoms with Gasteiger partial charge in [0.05, 0.1) is 0 Å². The van der Waals surface area contributed by atoms with Crippen molar-refractivity contribution in [3.63, 3.8) is 0 Å². The second kappa shape index (κ2) is 7.26. The Morgan fingerprint density at radius 1 is 1.11 bits per heavy atom. The van der Waals surface area contributed by atoms with E-state index in [1.54, 1.807) is 12.1 Å². The second-order valence-electron chi connectivity index (χ2n) is 7.51. The van der Waals surface area contributed by atoms with Crippen molar-refractivity contribution < 1.29 is 13.6 Å². The molecule has 0 radical (unpaired) electrons. The number of para-hydroxylation sites is 1. The number of nitrogens with zero attached hydrogens (tertiary/aromatic N) is 1. The second-order valence-corrected chi connectivity index (χ2v) is 8.53. The smallest absolute Gasteiger partial charge is 0.289 e. The topological polar surface area (TPSA) is 45.5 Å². The molecule has 4 nitrogen and oxygen atoms in total. The number of hydrogen-bond donors (Lipinski definition) is 1. The van der Waals surface area contributed by atoms with Crippen LogP contribution in [0.25, 0.3) is 11.0 Å². The average Bonchev–Trinajstić information content (AvgIpc) is 3.40.